The Morgan fingerprint density at radius 1 is 0.762 bits per heavy atom. The average molecular weight is 398 g/mol. The molecule has 0 aliphatic rings. The van der Waals surface area contributed by atoms with Gasteiger partial charge in [-0.15, -0.1) is 0 Å². The molecular weight excluding hydrogens is 384 g/mol. The molecule has 0 atom stereocenters. The Labute approximate surface area is 133 Å². The van der Waals surface area contributed by atoms with Crippen molar-refractivity contribution in [3.63, 3.8) is 0 Å². The van der Waals surface area contributed by atoms with Gasteiger partial charge in [-0.2, -0.15) is 0 Å². The molecule has 0 fully saturated rings. The summed E-state index contributed by atoms with van der Waals surface area (Å²) in [5.41, 5.74) is 0. The number of carbonyl (C=O) groups is 2. The zero-order valence-electron chi connectivity index (χ0n) is 11.7. The van der Waals surface area contributed by atoms with Gasteiger partial charge >= 0.3 is 133 Å². The molecule has 21 heavy (non-hydrogen) atoms. The van der Waals surface area contributed by atoms with Gasteiger partial charge in [-0.3, -0.25) is 0 Å². The maximum absolute atomic E-state index is 11.2. The normalized spacial score (nSPS) is 10.0. The van der Waals surface area contributed by atoms with Crippen LogP contribution in [0.15, 0.2) is 48.5 Å². The van der Waals surface area contributed by atoms with Crippen LogP contribution in [0.25, 0.3) is 0 Å². The summed E-state index contributed by atoms with van der Waals surface area (Å²) in [6, 6.07) is 14.9. The summed E-state index contributed by atoms with van der Waals surface area (Å²) in [5.74, 6) is 0.460. The van der Waals surface area contributed by atoms with Crippen LogP contribution in [0.5, 0.6) is 11.5 Å². The third-order valence-corrected chi connectivity index (χ3v) is 5.61. The minimum absolute atomic E-state index is 0.344. The van der Waals surface area contributed by atoms with Crippen LogP contribution in [0.2, 0.25) is 0 Å². The molecule has 0 saturated heterocycles. The van der Waals surface area contributed by atoms with Crippen LogP contribution >= 0.6 is 0 Å². The fraction of sp³-hybridized carbons (Fsp3) is 0.125. The van der Waals surface area contributed by atoms with Crippen LogP contribution in [-0.2, 0) is 9.59 Å². The Morgan fingerprint density at radius 3 is 1.52 bits per heavy atom. The van der Waals surface area contributed by atoms with Crippen molar-refractivity contribution < 1.29 is 19.1 Å². The second-order valence-electron chi connectivity index (χ2n) is 4.18. The summed E-state index contributed by atoms with van der Waals surface area (Å²) in [5, 5.41) is 0. The maximum atomic E-state index is 11.2. The van der Waals surface area contributed by atoms with Gasteiger partial charge in [0.2, 0.25) is 0 Å². The Morgan fingerprint density at radius 2 is 1.14 bits per heavy atom. The van der Waals surface area contributed by atoms with Crippen LogP contribution in [0, 0.1) is 0 Å². The van der Waals surface area contributed by atoms with Crippen molar-refractivity contribution in [1.29, 1.82) is 0 Å². The third-order valence-electron chi connectivity index (χ3n) is 2.43. The fourth-order valence-corrected chi connectivity index (χ4v) is 4.38. The average Bonchev–Trinajstić information content (AvgIpc) is 2.42. The van der Waals surface area contributed by atoms with Crippen molar-refractivity contribution >= 4 is 40.1 Å². The number of ether oxygens (including phenoxy) is 2. The number of carbonyl (C=O) groups excluding carboxylic acids is 2. The monoisotopic (exact) mass is 400 g/mol. The van der Waals surface area contributed by atoms with E-state index in [1.54, 1.807) is 12.1 Å². The third kappa shape index (κ3) is 4.59. The van der Waals surface area contributed by atoms with Gasteiger partial charge in [0.25, 0.3) is 0 Å². The van der Waals surface area contributed by atoms with E-state index in [9.17, 15) is 9.59 Å². The quantitative estimate of drug-likeness (QED) is 0.442. The molecule has 2 aromatic rings. The standard InChI is InChI=1S/C16H14O4Te/c1-11(17)19-13-7-3-5-9-15(13)21-16-10-6-4-8-14(16)20-12(2)18/h3-10H,1-2H3. The first-order chi connectivity index (χ1) is 10.1. The summed E-state index contributed by atoms with van der Waals surface area (Å²) < 4.78 is 12.4. The van der Waals surface area contributed by atoms with Crippen molar-refractivity contribution in [2.24, 2.45) is 0 Å². The molecule has 0 saturated carbocycles. The van der Waals surface area contributed by atoms with Gasteiger partial charge < -0.3 is 0 Å². The molecule has 0 aromatic heterocycles. The predicted octanol–water partition coefficient (Wildman–Crippen LogP) is 1.19. The van der Waals surface area contributed by atoms with Crippen LogP contribution in [0.3, 0.4) is 0 Å². The first kappa shape index (κ1) is 15.6. The summed E-state index contributed by atoms with van der Waals surface area (Å²) in [4.78, 5) is 22.3. The SMILES string of the molecule is CC(=O)Oc1ccccc1[Te]c1ccccc1OC(C)=O. The Hall–Kier alpha value is -1.83. The number of para-hydroxylation sites is 2. The number of hydrogen-bond acceptors (Lipinski definition) is 4. The van der Waals surface area contributed by atoms with Crippen LogP contribution < -0.4 is 16.7 Å². The number of benzene rings is 2. The van der Waals surface area contributed by atoms with Gasteiger partial charge in [0.1, 0.15) is 0 Å². The molecule has 0 aliphatic carbocycles. The molecule has 5 heteroatoms. The van der Waals surface area contributed by atoms with Crippen molar-refractivity contribution in [1.82, 2.24) is 0 Å². The van der Waals surface area contributed by atoms with Crippen molar-refractivity contribution in [2.45, 2.75) is 13.8 Å². The zero-order valence-corrected chi connectivity index (χ0v) is 14.0. The van der Waals surface area contributed by atoms with Gasteiger partial charge in [-0.25, -0.2) is 0 Å². The summed E-state index contributed by atoms with van der Waals surface area (Å²) in [6.45, 7) is 2.76. The second kappa shape index (κ2) is 7.26. The molecule has 0 N–H and O–H groups in total. The van der Waals surface area contributed by atoms with E-state index in [0.29, 0.717) is 11.5 Å². The fourth-order valence-electron chi connectivity index (χ4n) is 1.67. The van der Waals surface area contributed by atoms with Gasteiger partial charge in [-0.05, 0) is 0 Å². The number of rotatable bonds is 4. The van der Waals surface area contributed by atoms with Crippen LogP contribution in [0.4, 0.5) is 0 Å². The van der Waals surface area contributed by atoms with Crippen LogP contribution in [0.1, 0.15) is 13.8 Å². The molecule has 4 nitrogen and oxygen atoms in total. The molecular formula is C16H14O4Te. The Balaban J connectivity index is 2.30. The molecule has 0 spiro atoms. The van der Waals surface area contributed by atoms with E-state index in [4.69, 9.17) is 9.47 Å². The van der Waals surface area contributed by atoms with E-state index >= 15 is 0 Å². The van der Waals surface area contributed by atoms with Gasteiger partial charge in [-0.1, -0.05) is 0 Å². The molecule has 0 aliphatic heterocycles. The van der Waals surface area contributed by atoms with Crippen molar-refractivity contribution in [3.05, 3.63) is 48.5 Å². The number of hydrogen-bond donors (Lipinski definition) is 0. The summed E-state index contributed by atoms with van der Waals surface area (Å²) in [7, 11) is 0. The van der Waals surface area contributed by atoms with Crippen molar-refractivity contribution in [3.8, 4) is 11.5 Å². The molecule has 0 amide bonds. The molecule has 108 valence electrons. The predicted molar refractivity (Wildman–Crippen MR) is 80.5 cm³/mol. The first-order valence-electron chi connectivity index (χ1n) is 6.29. The molecule has 0 radical (unpaired) electrons. The Bertz CT molecular complexity index is 609. The summed E-state index contributed by atoms with van der Waals surface area (Å²) >= 11 is -0.840. The molecule has 0 unspecified atom stereocenters. The van der Waals surface area contributed by atoms with E-state index < -0.39 is 20.9 Å². The Kier molecular flexibility index (Phi) is 5.38. The summed E-state index contributed by atoms with van der Waals surface area (Å²) in [6.07, 6.45) is 0. The van der Waals surface area contributed by atoms with Crippen LogP contribution in [-0.4, -0.2) is 32.9 Å². The molecule has 0 heterocycles. The molecule has 2 rings (SSSR count). The second-order valence-corrected chi connectivity index (χ2v) is 7.28. The number of esters is 2. The van der Waals surface area contributed by atoms with E-state index in [1.165, 1.54) is 13.8 Å². The zero-order chi connectivity index (χ0) is 15.2. The van der Waals surface area contributed by atoms with Gasteiger partial charge in [0.15, 0.2) is 0 Å². The minimum atomic E-state index is -0.840. The van der Waals surface area contributed by atoms with E-state index in [1.807, 2.05) is 36.4 Å². The van der Waals surface area contributed by atoms with E-state index in [0.717, 1.165) is 7.22 Å². The molecule has 0 bridgehead atoms. The van der Waals surface area contributed by atoms with Crippen molar-refractivity contribution in [2.75, 3.05) is 0 Å². The van der Waals surface area contributed by atoms with E-state index in [2.05, 4.69) is 0 Å². The van der Waals surface area contributed by atoms with E-state index in [-0.39, 0.29) is 11.9 Å². The van der Waals surface area contributed by atoms with Gasteiger partial charge in [0.05, 0.1) is 0 Å². The first-order valence-corrected chi connectivity index (χ1v) is 8.62. The molecule has 2 aromatic carbocycles. The topological polar surface area (TPSA) is 52.6 Å². The van der Waals surface area contributed by atoms with Gasteiger partial charge in [0, 0.05) is 0 Å².